The van der Waals surface area contributed by atoms with Crippen molar-refractivity contribution in [3.8, 4) is 0 Å². The largest absolute Gasteiger partial charge is 0.481 e. The van der Waals surface area contributed by atoms with Crippen molar-refractivity contribution < 1.29 is 20.1 Å². The fourth-order valence-electron chi connectivity index (χ4n) is 5.79. The fraction of sp³-hybridized carbons (Fsp3) is 0.864. The van der Waals surface area contributed by atoms with E-state index in [0.717, 1.165) is 31.4 Å². The molecule has 3 aliphatic carbocycles. The molecule has 3 rings (SSSR count). The van der Waals surface area contributed by atoms with E-state index in [1.54, 1.807) is 0 Å². The first-order chi connectivity index (χ1) is 13.0. The van der Waals surface area contributed by atoms with Crippen molar-refractivity contribution in [2.75, 3.05) is 11.5 Å². The summed E-state index contributed by atoms with van der Waals surface area (Å²) in [5.41, 5.74) is 0. The smallest absolute Gasteiger partial charge is 0.313 e. The summed E-state index contributed by atoms with van der Waals surface area (Å²) in [5.74, 6) is 3.03. The Balaban J connectivity index is 1.44. The van der Waals surface area contributed by atoms with E-state index in [1.807, 2.05) is 6.08 Å². The van der Waals surface area contributed by atoms with Gasteiger partial charge in [-0.25, -0.2) is 0 Å². The number of fused-ring (bicyclic) bond motifs is 1. The highest BCUT2D eigenvalue weighted by Crippen LogP contribution is 2.51. The molecule has 0 aromatic carbocycles. The predicted octanol–water partition coefficient (Wildman–Crippen LogP) is 4.11. The van der Waals surface area contributed by atoms with E-state index in [2.05, 4.69) is 6.08 Å². The van der Waals surface area contributed by atoms with Crippen LogP contribution in [0.15, 0.2) is 12.2 Å². The summed E-state index contributed by atoms with van der Waals surface area (Å²) >= 11 is 1.51. The van der Waals surface area contributed by atoms with Gasteiger partial charge in [-0.1, -0.05) is 44.3 Å². The third-order valence-electron chi connectivity index (χ3n) is 7.08. The molecule has 2 unspecified atom stereocenters. The Morgan fingerprint density at radius 3 is 2.63 bits per heavy atom. The summed E-state index contributed by atoms with van der Waals surface area (Å²) < 4.78 is 0. The van der Waals surface area contributed by atoms with Crippen molar-refractivity contribution in [1.82, 2.24) is 0 Å². The van der Waals surface area contributed by atoms with E-state index < -0.39 is 5.97 Å². The number of carbonyl (C=O) groups is 1. The molecule has 5 heteroatoms. The van der Waals surface area contributed by atoms with Gasteiger partial charge in [0.15, 0.2) is 0 Å². The number of thioether (sulfide) groups is 1. The number of rotatable bonds is 9. The normalized spacial score (nSPS) is 35.6. The fourth-order valence-corrected chi connectivity index (χ4v) is 6.61. The predicted molar refractivity (Wildman–Crippen MR) is 110 cm³/mol. The van der Waals surface area contributed by atoms with Crippen LogP contribution < -0.4 is 0 Å². The van der Waals surface area contributed by atoms with Crippen LogP contribution in [0.1, 0.15) is 64.2 Å². The first-order valence-corrected chi connectivity index (χ1v) is 12.0. The third kappa shape index (κ3) is 6.23. The monoisotopic (exact) mass is 396 g/mol. The molecule has 27 heavy (non-hydrogen) atoms. The molecular formula is C22H36O4S. The van der Waals surface area contributed by atoms with Gasteiger partial charge in [0.25, 0.3) is 0 Å². The highest BCUT2D eigenvalue weighted by molar-refractivity contribution is 7.99. The van der Waals surface area contributed by atoms with Crippen LogP contribution in [0.5, 0.6) is 0 Å². The quantitative estimate of drug-likeness (QED) is 0.404. The second-order valence-electron chi connectivity index (χ2n) is 9.07. The maximum atomic E-state index is 10.6. The molecule has 3 aliphatic rings. The molecule has 0 heterocycles. The third-order valence-corrected chi connectivity index (χ3v) is 8.06. The Hall–Kier alpha value is -0.520. The molecule has 0 amide bonds. The van der Waals surface area contributed by atoms with E-state index >= 15 is 0 Å². The number of hydrogen-bond acceptors (Lipinski definition) is 4. The molecule has 0 saturated heterocycles. The highest BCUT2D eigenvalue weighted by atomic mass is 32.2. The minimum absolute atomic E-state index is 0.188. The van der Waals surface area contributed by atoms with Crippen molar-refractivity contribution in [1.29, 1.82) is 0 Å². The van der Waals surface area contributed by atoms with Gasteiger partial charge >= 0.3 is 5.97 Å². The van der Waals surface area contributed by atoms with Gasteiger partial charge in [0.05, 0.1) is 18.0 Å². The van der Waals surface area contributed by atoms with E-state index in [0.29, 0.717) is 23.7 Å². The lowest BCUT2D eigenvalue weighted by Crippen LogP contribution is -2.19. The minimum Gasteiger partial charge on any atom is -0.481 e. The molecule has 3 fully saturated rings. The molecular weight excluding hydrogens is 360 g/mol. The Bertz CT molecular complexity index is 503. The molecule has 4 nitrogen and oxygen atoms in total. The van der Waals surface area contributed by atoms with Crippen LogP contribution >= 0.6 is 11.8 Å². The van der Waals surface area contributed by atoms with Crippen molar-refractivity contribution in [3.63, 3.8) is 0 Å². The van der Waals surface area contributed by atoms with Gasteiger partial charge in [-0.15, -0.1) is 0 Å². The van der Waals surface area contributed by atoms with E-state index in [-0.39, 0.29) is 23.9 Å². The SMILES string of the molecule is O=C(O)CSCCC1C[C@H]2C[C@H](O)[C@@H](C=CC(O)CC3CCCCC3)[C@@H]2C1. The first-order valence-electron chi connectivity index (χ1n) is 10.9. The number of carboxylic acids is 1. The molecule has 0 bridgehead atoms. The highest BCUT2D eigenvalue weighted by Gasteiger charge is 2.46. The molecule has 3 N–H and O–H groups in total. The number of aliphatic hydroxyl groups is 2. The van der Waals surface area contributed by atoms with Crippen LogP contribution in [0.4, 0.5) is 0 Å². The standard InChI is InChI=1S/C22H36O4S/c23-18(11-15-4-2-1-3-5-15)6-7-19-20-12-16(8-9-27-14-22(25)26)10-17(20)13-21(19)24/h6-7,15-21,23-24H,1-5,8-14H2,(H,25,26)/t16?,17-,18?,19-,20+,21-/m0/s1. The maximum Gasteiger partial charge on any atom is 0.313 e. The molecule has 3 saturated carbocycles. The summed E-state index contributed by atoms with van der Waals surface area (Å²) in [6.45, 7) is 0. The van der Waals surface area contributed by atoms with Crippen LogP contribution in [0, 0.1) is 29.6 Å². The molecule has 154 valence electrons. The molecule has 0 aromatic heterocycles. The van der Waals surface area contributed by atoms with Gasteiger partial charge in [-0.2, -0.15) is 11.8 Å². The summed E-state index contributed by atoms with van der Waals surface area (Å²) in [4.78, 5) is 10.6. The lowest BCUT2D eigenvalue weighted by molar-refractivity contribution is -0.133. The Morgan fingerprint density at radius 2 is 1.89 bits per heavy atom. The number of aliphatic hydroxyl groups excluding tert-OH is 2. The van der Waals surface area contributed by atoms with Gasteiger partial charge in [-0.05, 0) is 61.5 Å². The van der Waals surface area contributed by atoms with Crippen LogP contribution in [0.3, 0.4) is 0 Å². The summed E-state index contributed by atoms with van der Waals surface area (Å²) in [5, 5.41) is 29.6. The Morgan fingerprint density at radius 1 is 1.11 bits per heavy atom. The number of hydrogen-bond donors (Lipinski definition) is 3. The van der Waals surface area contributed by atoms with Crippen molar-refractivity contribution in [2.45, 2.75) is 76.4 Å². The van der Waals surface area contributed by atoms with Crippen molar-refractivity contribution >= 4 is 17.7 Å². The molecule has 0 spiro atoms. The zero-order valence-corrected chi connectivity index (χ0v) is 17.2. The summed E-state index contributed by atoms with van der Waals surface area (Å²) in [6, 6.07) is 0. The van der Waals surface area contributed by atoms with Crippen molar-refractivity contribution in [2.24, 2.45) is 29.6 Å². The summed E-state index contributed by atoms with van der Waals surface area (Å²) in [6.07, 6.45) is 15.1. The second-order valence-corrected chi connectivity index (χ2v) is 10.2. The second kappa shape index (κ2) is 10.3. The van der Waals surface area contributed by atoms with Crippen LogP contribution in [-0.2, 0) is 4.79 Å². The van der Waals surface area contributed by atoms with E-state index in [4.69, 9.17) is 5.11 Å². The lowest BCUT2D eigenvalue weighted by atomic mass is 9.84. The van der Waals surface area contributed by atoms with Crippen LogP contribution in [-0.4, -0.2) is 45.0 Å². The van der Waals surface area contributed by atoms with Gasteiger partial charge in [-0.3, -0.25) is 4.79 Å². The van der Waals surface area contributed by atoms with Crippen LogP contribution in [0.25, 0.3) is 0 Å². The zero-order chi connectivity index (χ0) is 19.2. The maximum absolute atomic E-state index is 10.6. The zero-order valence-electron chi connectivity index (χ0n) is 16.3. The van der Waals surface area contributed by atoms with Gasteiger partial charge < -0.3 is 15.3 Å². The molecule has 6 atom stereocenters. The van der Waals surface area contributed by atoms with Crippen molar-refractivity contribution in [3.05, 3.63) is 12.2 Å². The number of aliphatic carboxylic acids is 1. The topological polar surface area (TPSA) is 77.8 Å². The van der Waals surface area contributed by atoms with Crippen LogP contribution in [0.2, 0.25) is 0 Å². The van der Waals surface area contributed by atoms with Gasteiger partial charge in [0.1, 0.15) is 0 Å². The average molecular weight is 397 g/mol. The Labute approximate surface area is 167 Å². The Kier molecular flexibility index (Phi) is 8.10. The minimum atomic E-state index is -0.733. The molecule has 0 aromatic rings. The lowest BCUT2D eigenvalue weighted by Gasteiger charge is -2.23. The van der Waals surface area contributed by atoms with E-state index in [9.17, 15) is 15.0 Å². The summed E-state index contributed by atoms with van der Waals surface area (Å²) in [7, 11) is 0. The first kappa shape index (κ1) is 21.2. The number of carboxylic acid groups (broad SMARTS) is 1. The van der Waals surface area contributed by atoms with E-state index in [1.165, 1.54) is 50.3 Å². The van der Waals surface area contributed by atoms with Gasteiger partial charge in [0.2, 0.25) is 0 Å². The molecule has 0 radical (unpaired) electrons. The van der Waals surface area contributed by atoms with Gasteiger partial charge in [0, 0.05) is 5.92 Å². The molecule has 0 aliphatic heterocycles. The average Bonchev–Trinajstić information content (AvgIpc) is 3.14.